The normalized spacial score (nSPS) is 14.5. The monoisotopic (exact) mass is 273 g/mol. The molecule has 0 spiro atoms. The molecule has 4 heteroatoms. The van der Waals surface area contributed by atoms with Gasteiger partial charge in [0.15, 0.2) is 0 Å². The lowest BCUT2D eigenvalue weighted by Crippen LogP contribution is -1.97. The van der Waals surface area contributed by atoms with Crippen LogP contribution in [0.5, 0.6) is 0 Å². The summed E-state index contributed by atoms with van der Waals surface area (Å²) in [6.45, 7) is 0. The summed E-state index contributed by atoms with van der Waals surface area (Å²) in [5.74, 6) is -0.0309. The van der Waals surface area contributed by atoms with Crippen molar-refractivity contribution < 1.29 is 9.90 Å². The molecule has 3 nitrogen and oxygen atoms in total. The zero-order valence-electron chi connectivity index (χ0n) is 10.5. The molecule has 1 saturated carbocycles. The highest BCUT2D eigenvalue weighted by Gasteiger charge is 2.23. The van der Waals surface area contributed by atoms with E-state index in [0.29, 0.717) is 6.42 Å². The summed E-state index contributed by atoms with van der Waals surface area (Å²) in [6, 6.07) is 8.56. The highest BCUT2D eigenvalue weighted by Crippen LogP contribution is 2.41. The predicted octanol–water partition coefficient (Wildman–Crippen LogP) is 3.70. The number of carboxylic acids is 1. The van der Waals surface area contributed by atoms with Crippen LogP contribution >= 0.6 is 11.3 Å². The van der Waals surface area contributed by atoms with Gasteiger partial charge < -0.3 is 5.11 Å². The van der Waals surface area contributed by atoms with Gasteiger partial charge in [-0.3, -0.25) is 4.79 Å². The first-order chi connectivity index (χ1) is 9.22. The molecule has 0 atom stereocenters. The van der Waals surface area contributed by atoms with Crippen molar-refractivity contribution in [3.05, 3.63) is 40.9 Å². The standard InChI is InChI=1S/C15H15NO2S/c17-14(18)7-6-13-9-19-15(16-13)12-3-1-2-11(8-12)10-4-5-10/h1-3,8-10H,4-7H2,(H,17,18). The molecule has 0 unspecified atom stereocenters. The molecular formula is C15H15NO2S. The number of thiazole rings is 1. The van der Waals surface area contributed by atoms with Crippen molar-refractivity contribution in [1.29, 1.82) is 0 Å². The van der Waals surface area contributed by atoms with Crippen LogP contribution in [0.2, 0.25) is 0 Å². The minimum Gasteiger partial charge on any atom is -0.481 e. The van der Waals surface area contributed by atoms with Gasteiger partial charge in [0, 0.05) is 17.4 Å². The maximum atomic E-state index is 10.6. The van der Waals surface area contributed by atoms with Crippen molar-refractivity contribution in [1.82, 2.24) is 4.98 Å². The molecule has 1 fully saturated rings. The first-order valence-electron chi connectivity index (χ1n) is 6.49. The minimum atomic E-state index is -0.773. The van der Waals surface area contributed by atoms with E-state index in [1.807, 2.05) is 5.38 Å². The number of hydrogen-bond donors (Lipinski definition) is 1. The number of benzene rings is 1. The Morgan fingerprint density at radius 2 is 2.26 bits per heavy atom. The van der Waals surface area contributed by atoms with Crippen LogP contribution in [0, 0.1) is 0 Å². The Morgan fingerprint density at radius 3 is 3.00 bits per heavy atom. The number of carboxylic acid groups (broad SMARTS) is 1. The molecule has 1 aromatic carbocycles. The van der Waals surface area contributed by atoms with E-state index < -0.39 is 5.97 Å². The molecule has 2 aromatic rings. The van der Waals surface area contributed by atoms with Crippen LogP contribution < -0.4 is 0 Å². The number of carbonyl (C=O) groups is 1. The van der Waals surface area contributed by atoms with Gasteiger partial charge in [0.25, 0.3) is 0 Å². The van der Waals surface area contributed by atoms with E-state index in [0.717, 1.165) is 22.2 Å². The molecule has 0 bridgehead atoms. The van der Waals surface area contributed by atoms with Crippen molar-refractivity contribution in [2.24, 2.45) is 0 Å². The molecule has 1 N–H and O–H groups in total. The number of hydrogen-bond acceptors (Lipinski definition) is 3. The number of aromatic nitrogens is 1. The summed E-state index contributed by atoms with van der Waals surface area (Å²) in [4.78, 5) is 15.1. The van der Waals surface area contributed by atoms with E-state index in [9.17, 15) is 4.79 Å². The molecule has 0 radical (unpaired) electrons. The van der Waals surface area contributed by atoms with Gasteiger partial charge in [0.1, 0.15) is 5.01 Å². The highest BCUT2D eigenvalue weighted by atomic mass is 32.1. The van der Waals surface area contributed by atoms with Crippen LogP contribution in [-0.2, 0) is 11.2 Å². The summed E-state index contributed by atoms with van der Waals surface area (Å²) in [6.07, 6.45) is 3.25. The van der Waals surface area contributed by atoms with Crippen LogP contribution in [-0.4, -0.2) is 16.1 Å². The highest BCUT2D eigenvalue weighted by molar-refractivity contribution is 7.13. The average Bonchev–Trinajstić information content (AvgIpc) is 3.15. The average molecular weight is 273 g/mol. The number of aryl methyl sites for hydroxylation is 1. The summed E-state index contributed by atoms with van der Waals surface area (Å²) in [5.41, 5.74) is 3.43. The lowest BCUT2D eigenvalue weighted by atomic mass is 10.1. The zero-order valence-corrected chi connectivity index (χ0v) is 11.3. The molecule has 19 heavy (non-hydrogen) atoms. The van der Waals surface area contributed by atoms with Crippen molar-refractivity contribution in [2.75, 3.05) is 0 Å². The molecule has 98 valence electrons. The second-order valence-electron chi connectivity index (χ2n) is 4.94. The Kier molecular flexibility index (Phi) is 3.34. The maximum Gasteiger partial charge on any atom is 0.303 e. The van der Waals surface area contributed by atoms with E-state index >= 15 is 0 Å². The van der Waals surface area contributed by atoms with Gasteiger partial charge in [-0.25, -0.2) is 4.98 Å². The van der Waals surface area contributed by atoms with E-state index in [2.05, 4.69) is 29.2 Å². The molecule has 0 aliphatic heterocycles. The Hall–Kier alpha value is -1.68. The van der Waals surface area contributed by atoms with Crippen molar-refractivity contribution >= 4 is 17.3 Å². The molecule has 1 aliphatic carbocycles. The topological polar surface area (TPSA) is 50.2 Å². The third-order valence-electron chi connectivity index (χ3n) is 3.33. The van der Waals surface area contributed by atoms with Gasteiger partial charge in [-0.2, -0.15) is 0 Å². The van der Waals surface area contributed by atoms with Crippen molar-refractivity contribution in [3.8, 4) is 10.6 Å². The van der Waals surface area contributed by atoms with Crippen molar-refractivity contribution in [2.45, 2.75) is 31.6 Å². The van der Waals surface area contributed by atoms with Gasteiger partial charge >= 0.3 is 5.97 Å². The quantitative estimate of drug-likeness (QED) is 0.903. The molecule has 0 saturated heterocycles. The smallest absolute Gasteiger partial charge is 0.303 e. The molecule has 0 amide bonds. The minimum absolute atomic E-state index is 0.144. The lowest BCUT2D eigenvalue weighted by molar-refractivity contribution is -0.136. The molecule has 1 heterocycles. The molecule has 1 aromatic heterocycles. The fraction of sp³-hybridized carbons (Fsp3) is 0.333. The van der Waals surface area contributed by atoms with Crippen LogP contribution in [0.1, 0.15) is 36.4 Å². The summed E-state index contributed by atoms with van der Waals surface area (Å²) in [7, 11) is 0. The Morgan fingerprint density at radius 1 is 1.42 bits per heavy atom. The zero-order chi connectivity index (χ0) is 13.2. The predicted molar refractivity (Wildman–Crippen MR) is 75.5 cm³/mol. The van der Waals surface area contributed by atoms with Gasteiger partial charge in [-0.15, -0.1) is 11.3 Å². The Labute approximate surface area is 115 Å². The molecular weight excluding hydrogens is 258 g/mol. The summed E-state index contributed by atoms with van der Waals surface area (Å²) in [5, 5.41) is 11.6. The van der Waals surface area contributed by atoms with E-state index in [1.165, 1.54) is 18.4 Å². The fourth-order valence-corrected chi connectivity index (χ4v) is 2.98. The first-order valence-corrected chi connectivity index (χ1v) is 7.37. The van der Waals surface area contributed by atoms with Crippen LogP contribution in [0.25, 0.3) is 10.6 Å². The maximum absolute atomic E-state index is 10.6. The van der Waals surface area contributed by atoms with Crippen LogP contribution in [0.4, 0.5) is 0 Å². The van der Waals surface area contributed by atoms with Gasteiger partial charge in [-0.05, 0) is 30.4 Å². The molecule has 3 rings (SSSR count). The van der Waals surface area contributed by atoms with Crippen molar-refractivity contribution in [3.63, 3.8) is 0 Å². The van der Waals surface area contributed by atoms with Crippen LogP contribution in [0.3, 0.4) is 0 Å². The second kappa shape index (κ2) is 5.13. The van der Waals surface area contributed by atoms with E-state index in [-0.39, 0.29) is 6.42 Å². The third-order valence-corrected chi connectivity index (χ3v) is 4.27. The van der Waals surface area contributed by atoms with E-state index in [1.54, 1.807) is 11.3 Å². The van der Waals surface area contributed by atoms with Gasteiger partial charge in [0.05, 0.1) is 12.1 Å². The number of nitrogens with zero attached hydrogens (tertiary/aromatic N) is 1. The Bertz CT molecular complexity index is 602. The number of aliphatic carboxylic acids is 1. The molecule has 1 aliphatic rings. The largest absolute Gasteiger partial charge is 0.481 e. The Balaban J connectivity index is 1.77. The first kappa shape index (κ1) is 12.4. The van der Waals surface area contributed by atoms with Gasteiger partial charge in [-0.1, -0.05) is 18.2 Å². The second-order valence-corrected chi connectivity index (χ2v) is 5.80. The fourth-order valence-electron chi connectivity index (χ4n) is 2.13. The lowest BCUT2D eigenvalue weighted by Gasteiger charge is -2.01. The SMILES string of the molecule is O=C(O)CCc1csc(-c2cccc(C3CC3)c2)n1. The van der Waals surface area contributed by atoms with Gasteiger partial charge in [0.2, 0.25) is 0 Å². The third kappa shape index (κ3) is 3.01. The van der Waals surface area contributed by atoms with Crippen LogP contribution in [0.15, 0.2) is 29.6 Å². The van der Waals surface area contributed by atoms with E-state index in [4.69, 9.17) is 5.11 Å². The summed E-state index contributed by atoms with van der Waals surface area (Å²) >= 11 is 1.59. The summed E-state index contributed by atoms with van der Waals surface area (Å²) < 4.78 is 0. The number of rotatable bonds is 5.